The van der Waals surface area contributed by atoms with Crippen LogP contribution in [0.5, 0.6) is 0 Å². The van der Waals surface area contributed by atoms with Crippen LogP contribution in [0, 0.1) is 0 Å². The van der Waals surface area contributed by atoms with Gasteiger partial charge in [-0.25, -0.2) is 9.59 Å². The molecule has 11 nitrogen and oxygen atoms in total. The molecule has 0 unspecified atom stereocenters. The molecule has 0 spiro atoms. The van der Waals surface area contributed by atoms with Crippen LogP contribution in [-0.4, -0.2) is 74.7 Å². The topological polar surface area (TPSA) is 150 Å². The molecule has 2 saturated heterocycles. The summed E-state index contributed by atoms with van der Waals surface area (Å²) in [5, 5.41) is 9.03. The Morgan fingerprint density at radius 2 is 1.15 bits per heavy atom. The molecule has 262 valence electrons. The highest BCUT2D eigenvalue weighted by Crippen LogP contribution is 2.16. The second kappa shape index (κ2) is 20.4. The number of hydrogen-bond donors (Lipinski definition) is 4. The third-order valence-corrected chi connectivity index (χ3v) is 6.74. The van der Waals surface area contributed by atoms with Gasteiger partial charge in [-0.1, -0.05) is 24.3 Å². The number of ketones is 1. The summed E-state index contributed by atoms with van der Waals surface area (Å²) < 4.78 is 20.6. The summed E-state index contributed by atoms with van der Waals surface area (Å²) in [6.07, 6.45) is 4.17. The molecule has 0 aromatic heterocycles. The van der Waals surface area contributed by atoms with E-state index in [0.29, 0.717) is 51.0 Å². The summed E-state index contributed by atoms with van der Waals surface area (Å²) in [6.45, 7) is 15.2. The molecule has 2 heterocycles. The van der Waals surface area contributed by atoms with Crippen molar-refractivity contribution >= 4 is 29.3 Å². The summed E-state index contributed by atoms with van der Waals surface area (Å²) in [6, 6.07) is 16.5. The second-order valence-electron chi connectivity index (χ2n) is 13.5. The van der Waals surface area contributed by atoms with E-state index in [9.17, 15) is 14.4 Å². The molecule has 2 fully saturated rings. The van der Waals surface area contributed by atoms with Gasteiger partial charge in [0.15, 0.2) is 0 Å². The molecule has 0 saturated carbocycles. The summed E-state index contributed by atoms with van der Waals surface area (Å²) in [5.74, 6) is 0.339. The fourth-order valence-corrected chi connectivity index (χ4v) is 4.37. The van der Waals surface area contributed by atoms with Gasteiger partial charge in [0, 0.05) is 56.6 Å². The molecule has 2 aliphatic rings. The van der Waals surface area contributed by atoms with Crippen LogP contribution >= 0.6 is 0 Å². The van der Waals surface area contributed by atoms with Gasteiger partial charge in [-0.05, 0) is 103 Å². The molecule has 5 N–H and O–H groups in total. The van der Waals surface area contributed by atoms with Crippen LogP contribution in [0.1, 0.15) is 78.4 Å². The highest BCUT2D eigenvalue weighted by molar-refractivity contribution is 5.79. The van der Waals surface area contributed by atoms with Crippen molar-refractivity contribution in [3.05, 3.63) is 59.7 Å². The van der Waals surface area contributed by atoms with Crippen molar-refractivity contribution in [3.8, 4) is 0 Å². The molecule has 2 aliphatic heterocycles. The number of nitrogens with one attached hydrogen (secondary N) is 3. The van der Waals surface area contributed by atoms with E-state index in [-0.39, 0.29) is 12.2 Å². The molecule has 2 aromatic rings. The Kier molecular flexibility index (Phi) is 17.1. The summed E-state index contributed by atoms with van der Waals surface area (Å²) in [4.78, 5) is 33.3. The van der Waals surface area contributed by atoms with Crippen molar-refractivity contribution in [1.29, 1.82) is 0 Å². The van der Waals surface area contributed by atoms with E-state index in [1.807, 2.05) is 65.8 Å². The lowest BCUT2D eigenvalue weighted by Gasteiger charge is -2.24. The number of Topliss-reactive ketones (excluding diaryl/α,β-unsaturated/α-hetero) is 1. The van der Waals surface area contributed by atoms with E-state index < -0.39 is 11.2 Å². The van der Waals surface area contributed by atoms with Gasteiger partial charge in [0.1, 0.15) is 17.0 Å². The molecule has 11 heteroatoms. The fraction of sp³-hybridized carbons (Fsp3) is 0.583. The Bertz CT molecular complexity index is 1190. The van der Waals surface area contributed by atoms with Crippen LogP contribution in [0.3, 0.4) is 0 Å². The number of rotatable bonds is 8. The van der Waals surface area contributed by atoms with E-state index in [4.69, 9.17) is 24.7 Å². The van der Waals surface area contributed by atoms with E-state index in [0.717, 1.165) is 55.8 Å². The number of anilines is 2. The van der Waals surface area contributed by atoms with Crippen molar-refractivity contribution in [1.82, 2.24) is 10.6 Å². The van der Waals surface area contributed by atoms with Crippen LogP contribution in [0.15, 0.2) is 48.5 Å². The van der Waals surface area contributed by atoms with Gasteiger partial charge >= 0.3 is 12.2 Å². The first-order chi connectivity index (χ1) is 22.2. The average Bonchev–Trinajstić information content (AvgIpc) is 2.99. The van der Waals surface area contributed by atoms with Gasteiger partial charge in [-0.2, -0.15) is 0 Å². The van der Waals surface area contributed by atoms with Crippen molar-refractivity contribution in [2.75, 3.05) is 50.6 Å². The number of hydrogen-bond acceptors (Lipinski definition) is 9. The number of benzene rings is 2. The first-order valence-electron chi connectivity index (χ1n) is 16.5. The molecule has 0 radical (unpaired) electrons. The lowest BCUT2D eigenvalue weighted by atomic mass is 10.1. The summed E-state index contributed by atoms with van der Waals surface area (Å²) >= 11 is 0. The number of carbonyl (C=O) groups is 3. The van der Waals surface area contributed by atoms with Gasteiger partial charge in [0.25, 0.3) is 0 Å². The van der Waals surface area contributed by atoms with Crippen LogP contribution in [0.4, 0.5) is 21.0 Å². The Hall–Kier alpha value is -3.83. The average molecular weight is 657 g/mol. The van der Waals surface area contributed by atoms with E-state index in [2.05, 4.69) is 40.2 Å². The minimum Gasteiger partial charge on any atom is -0.444 e. The van der Waals surface area contributed by atoms with Crippen molar-refractivity contribution in [3.63, 3.8) is 0 Å². The van der Waals surface area contributed by atoms with Crippen molar-refractivity contribution in [2.24, 2.45) is 0 Å². The first kappa shape index (κ1) is 39.3. The van der Waals surface area contributed by atoms with Crippen LogP contribution in [0.2, 0.25) is 0 Å². The minimum absolute atomic E-state index is 0.339. The third kappa shape index (κ3) is 20.1. The number of ether oxygens (including phenoxy) is 4. The number of nitrogen functional groups attached to an aromatic ring is 1. The maximum atomic E-state index is 11.6. The maximum Gasteiger partial charge on any atom is 0.407 e. The minimum atomic E-state index is -0.457. The van der Waals surface area contributed by atoms with Gasteiger partial charge < -0.3 is 40.6 Å². The monoisotopic (exact) mass is 656 g/mol. The molecule has 0 bridgehead atoms. The van der Waals surface area contributed by atoms with E-state index >= 15 is 0 Å². The number of amides is 2. The van der Waals surface area contributed by atoms with E-state index in [1.165, 1.54) is 5.56 Å². The first-order valence-corrected chi connectivity index (χ1v) is 16.5. The molecule has 4 rings (SSSR count). The summed E-state index contributed by atoms with van der Waals surface area (Å²) in [5.41, 5.74) is 8.88. The normalized spacial score (nSPS) is 15.1. The maximum absolute atomic E-state index is 11.6. The Morgan fingerprint density at radius 3 is 1.55 bits per heavy atom. The molecule has 2 aromatic carbocycles. The lowest BCUT2D eigenvalue weighted by Crippen LogP contribution is -2.33. The smallest absolute Gasteiger partial charge is 0.407 e. The molecular weight excluding hydrogens is 600 g/mol. The number of nitrogens with two attached hydrogens (primary N) is 1. The van der Waals surface area contributed by atoms with Gasteiger partial charge in [-0.15, -0.1) is 0 Å². The Labute approximate surface area is 280 Å². The summed E-state index contributed by atoms with van der Waals surface area (Å²) in [7, 11) is 0. The molecule has 0 aliphatic carbocycles. The molecule has 2 amide bonds. The van der Waals surface area contributed by atoms with E-state index in [1.54, 1.807) is 0 Å². The predicted octanol–water partition coefficient (Wildman–Crippen LogP) is 6.05. The fourth-order valence-electron chi connectivity index (χ4n) is 4.37. The zero-order valence-corrected chi connectivity index (χ0v) is 29.1. The standard InChI is InChI=1S/C18H28N2O3.C13H20N2O2.C5H8O2/c1-18(2,3)23-17(21)19-11-8-14-4-6-15(7-5-14)20-16-9-12-22-13-10-16;1-13(2,3)17-12(16)15-9-8-10-4-6-11(14)7-5-10;6-5-1-3-7-4-2-5/h4-7,16,20H,8-13H2,1-3H3,(H,19,21);4-7H,8-9,14H2,1-3H3,(H,15,16);1-4H2. The Balaban J connectivity index is 0.000000279. The van der Waals surface area contributed by atoms with Gasteiger partial charge in [0.2, 0.25) is 0 Å². The largest absolute Gasteiger partial charge is 0.444 e. The Morgan fingerprint density at radius 1 is 0.723 bits per heavy atom. The molecule has 0 atom stereocenters. The van der Waals surface area contributed by atoms with Crippen LogP contribution < -0.4 is 21.7 Å². The number of carbonyl (C=O) groups excluding carboxylic acids is 3. The van der Waals surface area contributed by atoms with Crippen molar-refractivity contribution in [2.45, 2.75) is 97.3 Å². The zero-order valence-electron chi connectivity index (χ0n) is 29.1. The van der Waals surface area contributed by atoms with Gasteiger partial charge in [0.05, 0.1) is 13.2 Å². The zero-order chi connectivity index (χ0) is 34.7. The van der Waals surface area contributed by atoms with Gasteiger partial charge in [-0.3, -0.25) is 4.79 Å². The van der Waals surface area contributed by atoms with Crippen molar-refractivity contribution < 1.29 is 33.3 Å². The predicted molar refractivity (Wildman–Crippen MR) is 186 cm³/mol. The third-order valence-electron chi connectivity index (χ3n) is 6.74. The second-order valence-corrected chi connectivity index (χ2v) is 13.5. The quantitative estimate of drug-likeness (QED) is 0.249. The van der Waals surface area contributed by atoms with Crippen LogP contribution in [0.25, 0.3) is 0 Å². The highest BCUT2D eigenvalue weighted by Gasteiger charge is 2.17. The number of alkyl carbamates (subject to hydrolysis) is 2. The SMILES string of the molecule is CC(C)(C)OC(=O)NCCc1ccc(N)cc1.CC(C)(C)OC(=O)NCCc1ccc(NC2CCOCC2)cc1.O=C1CCOCC1. The molecule has 47 heavy (non-hydrogen) atoms. The highest BCUT2D eigenvalue weighted by atomic mass is 16.6. The van der Waals surface area contributed by atoms with Crippen LogP contribution in [-0.2, 0) is 36.6 Å². The molecular formula is C36H56N4O7. The lowest BCUT2D eigenvalue weighted by molar-refractivity contribution is -0.124.